The fraction of sp³-hybridized carbons (Fsp3) is 0.231. The highest BCUT2D eigenvalue weighted by Gasteiger charge is 2.20. The lowest BCUT2D eigenvalue weighted by molar-refractivity contribution is -0.122. The zero-order valence-corrected chi connectivity index (χ0v) is 18.3. The van der Waals surface area contributed by atoms with Gasteiger partial charge >= 0.3 is 0 Å². The number of hydrogen-bond acceptors (Lipinski definition) is 3. The van der Waals surface area contributed by atoms with E-state index >= 15 is 0 Å². The second-order valence-corrected chi connectivity index (χ2v) is 7.60. The average molecular weight is 417 g/mol. The van der Waals surface area contributed by atoms with E-state index < -0.39 is 6.10 Å². The number of carbonyl (C=O) groups excluding carboxylic acids is 2. The van der Waals surface area contributed by atoms with E-state index in [1.165, 1.54) is 0 Å². The quantitative estimate of drug-likeness (QED) is 0.556. The molecule has 2 atom stereocenters. The van der Waals surface area contributed by atoms with Crippen LogP contribution < -0.4 is 15.4 Å². The molecule has 2 N–H and O–H groups in total. The normalized spacial score (nSPS) is 12.5. The van der Waals surface area contributed by atoms with Crippen LogP contribution in [0.15, 0.2) is 72.8 Å². The Labute approximate surface area is 183 Å². The Balaban J connectivity index is 1.70. The molecule has 0 aromatic heterocycles. The third-order valence-corrected chi connectivity index (χ3v) is 5.30. The Bertz CT molecular complexity index is 1060. The first kappa shape index (κ1) is 22.1. The van der Waals surface area contributed by atoms with Gasteiger partial charge < -0.3 is 15.4 Å². The van der Waals surface area contributed by atoms with E-state index in [-0.39, 0.29) is 17.9 Å². The van der Waals surface area contributed by atoms with Crippen LogP contribution >= 0.6 is 0 Å². The van der Waals surface area contributed by atoms with Gasteiger partial charge in [-0.15, -0.1) is 0 Å². The lowest BCUT2D eigenvalue weighted by Gasteiger charge is -2.19. The molecule has 2 amide bonds. The average Bonchev–Trinajstić information content (AvgIpc) is 2.77. The van der Waals surface area contributed by atoms with Crippen molar-refractivity contribution in [1.82, 2.24) is 5.32 Å². The fourth-order valence-electron chi connectivity index (χ4n) is 3.22. The Morgan fingerprint density at radius 2 is 1.52 bits per heavy atom. The van der Waals surface area contributed by atoms with Crippen molar-refractivity contribution in [2.24, 2.45) is 0 Å². The van der Waals surface area contributed by atoms with Crippen LogP contribution in [-0.4, -0.2) is 17.9 Å². The van der Waals surface area contributed by atoms with E-state index in [0.717, 1.165) is 16.7 Å². The summed E-state index contributed by atoms with van der Waals surface area (Å²) >= 11 is 0. The number of nitrogens with one attached hydrogen (secondary N) is 2. The summed E-state index contributed by atoms with van der Waals surface area (Å²) in [4.78, 5) is 25.6. The Morgan fingerprint density at radius 3 is 2.26 bits per heavy atom. The summed E-state index contributed by atoms with van der Waals surface area (Å²) in [6.45, 7) is 7.58. The van der Waals surface area contributed by atoms with E-state index in [9.17, 15) is 9.59 Å². The highest BCUT2D eigenvalue weighted by Crippen LogP contribution is 2.23. The number of amides is 2. The van der Waals surface area contributed by atoms with Crippen LogP contribution in [0.2, 0.25) is 0 Å². The minimum absolute atomic E-state index is 0.163. The molecule has 2 unspecified atom stereocenters. The summed E-state index contributed by atoms with van der Waals surface area (Å²) in [7, 11) is 0. The monoisotopic (exact) mass is 416 g/mol. The number of aryl methyl sites for hydroxylation is 1. The van der Waals surface area contributed by atoms with E-state index in [2.05, 4.69) is 10.6 Å². The van der Waals surface area contributed by atoms with Crippen molar-refractivity contribution >= 4 is 17.5 Å². The van der Waals surface area contributed by atoms with Gasteiger partial charge in [0.05, 0.1) is 17.3 Å². The van der Waals surface area contributed by atoms with Gasteiger partial charge in [0.25, 0.3) is 11.8 Å². The molecular formula is C26H28N2O3. The maximum atomic E-state index is 12.9. The van der Waals surface area contributed by atoms with Crippen LogP contribution in [0.3, 0.4) is 0 Å². The lowest BCUT2D eigenvalue weighted by Crippen LogP contribution is -2.32. The summed E-state index contributed by atoms with van der Waals surface area (Å²) in [6.07, 6.45) is -0.722. The topological polar surface area (TPSA) is 67.4 Å². The van der Waals surface area contributed by atoms with Gasteiger partial charge in [0, 0.05) is 0 Å². The maximum absolute atomic E-state index is 12.9. The molecule has 0 aliphatic carbocycles. The third-order valence-electron chi connectivity index (χ3n) is 5.30. The predicted molar refractivity (Wildman–Crippen MR) is 123 cm³/mol. The zero-order valence-electron chi connectivity index (χ0n) is 18.3. The standard InChI is InChI=1S/C26H28N2O3/c1-17-11-10-16-24(18(17)2)31-20(4)25(29)28-23-15-9-8-14-22(23)26(30)27-19(3)21-12-6-5-7-13-21/h5-16,19-20H,1-4H3,(H,27,30)(H,28,29). The zero-order chi connectivity index (χ0) is 22.4. The van der Waals surface area contributed by atoms with Crippen LogP contribution in [-0.2, 0) is 4.79 Å². The third kappa shape index (κ3) is 5.51. The molecule has 0 aliphatic heterocycles. The molecule has 5 nitrogen and oxygen atoms in total. The van der Waals surface area contributed by atoms with Crippen LogP contribution in [0.5, 0.6) is 5.75 Å². The first-order valence-corrected chi connectivity index (χ1v) is 10.4. The van der Waals surface area contributed by atoms with Crippen molar-refractivity contribution in [2.75, 3.05) is 5.32 Å². The molecular weight excluding hydrogens is 388 g/mol. The number of para-hydroxylation sites is 1. The fourth-order valence-corrected chi connectivity index (χ4v) is 3.22. The SMILES string of the molecule is Cc1cccc(OC(C)C(=O)Nc2ccccc2C(=O)NC(C)c2ccccc2)c1C. The highest BCUT2D eigenvalue weighted by atomic mass is 16.5. The molecule has 0 aliphatic rings. The lowest BCUT2D eigenvalue weighted by atomic mass is 10.1. The second kappa shape index (κ2) is 9.94. The van der Waals surface area contributed by atoms with E-state index in [1.807, 2.05) is 69.3 Å². The van der Waals surface area contributed by atoms with Gasteiger partial charge in [-0.05, 0) is 62.6 Å². The van der Waals surface area contributed by atoms with E-state index in [0.29, 0.717) is 17.0 Å². The molecule has 5 heteroatoms. The Morgan fingerprint density at radius 1 is 0.839 bits per heavy atom. The first-order chi connectivity index (χ1) is 14.9. The molecule has 3 aromatic rings. The number of carbonyl (C=O) groups is 2. The van der Waals surface area contributed by atoms with Gasteiger partial charge in [0.15, 0.2) is 6.10 Å². The van der Waals surface area contributed by atoms with Crippen molar-refractivity contribution in [1.29, 1.82) is 0 Å². The van der Waals surface area contributed by atoms with Crippen LogP contribution in [0, 0.1) is 13.8 Å². The van der Waals surface area contributed by atoms with Crippen molar-refractivity contribution < 1.29 is 14.3 Å². The van der Waals surface area contributed by atoms with E-state index in [1.54, 1.807) is 31.2 Å². The largest absolute Gasteiger partial charge is 0.481 e. The van der Waals surface area contributed by atoms with Gasteiger partial charge in [0.2, 0.25) is 0 Å². The summed E-state index contributed by atoms with van der Waals surface area (Å²) in [5.41, 5.74) is 3.95. The molecule has 3 rings (SSSR count). The molecule has 3 aromatic carbocycles. The number of rotatable bonds is 7. The number of ether oxygens (including phenoxy) is 1. The van der Waals surface area contributed by atoms with Crippen molar-refractivity contribution in [3.05, 3.63) is 95.1 Å². The molecule has 31 heavy (non-hydrogen) atoms. The summed E-state index contributed by atoms with van der Waals surface area (Å²) in [6, 6.07) is 22.3. The number of hydrogen-bond donors (Lipinski definition) is 2. The van der Waals surface area contributed by atoms with Crippen LogP contribution in [0.1, 0.15) is 46.9 Å². The Hall–Kier alpha value is -3.60. The maximum Gasteiger partial charge on any atom is 0.265 e. The van der Waals surface area contributed by atoms with Crippen molar-refractivity contribution in [3.63, 3.8) is 0 Å². The molecule has 160 valence electrons. The summed E-state index contributed by atoms with van der Waals surface area (Å²) in [5, 5.41) is 5.82. The molecule has 0 saturated carbocycles. The molecule has 0 bridgehead atoms. The first-order valence-electron chi connectivity index (χ1n) is 10.4. The van der Waals surface area contributed by atoms with Crippen LogP contribution in [0.4, 0.5) is 5.69 Å². The minimum Gasteiger partial charge on any atom is -0.481 e. The number of anilines is 1. The van der Waals surface area contributed by atoms with Gasteiger partial charge in [-0.25, -0.2) is 0 Å². The summed E-state index contributed by atoms with van der Waals surface area (Å²) < 4.78 is 5.87. The van der Waals surface area contributed by atoms with Gasteiger partial charge in [0.1, 0.15) is 5.75 Å². The van der Waals surface area contributed by atoms with Gasteiger partial charge in [-0.2, -0.15) is 0 Å². The second-order valence-electron chi connectivity index (χ2n) is 7.60. The van der Waals surface area contributed by atoms with Crippen LogP contribution in [0.25, 0.3) is 0 Å². The molecule has 0 spiro atoms. The summed E-state index contributed by atoms with van der Waals surface area (Å²) in [5.74, 6) is 0.0954. The molecule has 0 radical (unpaired) electrons. The minimum atomic E-state index is -0.722. The van der Waals surface area contributed by atoms with E-state index in [4.69, 9.17) is 4.74 Å². The van der Waals surface area contributed by atoms with Crippen molar-refractivity contribution in [2.45, 2.75) is 39.8 Å². The smallest absolute Gasteiger partial charge is 0.265 e. The van der Waals surface area contributed by atoms with Crippen molar-refractivity contribution in [3.8, 4) is 5.75 Å². The Kier molecular flexibility index (Phi) is 7.08. The van der Waals surface area contributed by atoms with Gasteiger partial charge in [-0.1, -0.05) is 54.6 Å². The predicted octanol–water partition coefficient (Wildman–Crippen LogP) is 5.20. The number of benzene rings is 3. The van der Waals surface area contributed by atoms with Gasteiger partial charge in [-0.3, -0.25) is 9.59 Å². The highest BCUT2D eigenvalue weighted by molar-refractivity contribution is 6.04. The molecule has 0 heterocycles. The molecule has 0 fully saturated rings. The molecule has 0 saturated heterocycles.